The molecular formula is C14H29NOS. The first-order valence-electron chi connectivity index (χ1n) is 6.95. The summed E-state index contributed by atoms with van der Waals surface area (Å²) >= 11 is 2.03. The van der Waals surface area contributed by atoms with E-state index < -0.39 is 0 Å². The van der Waals surface area contributed by atoms with Gasteiger partial charge in [-0.3, -0.25) is 0 Å². The number of hydrogen-bond acceptors (Lipinski definition) is 3. The molecule has 0 bridgehead atoms. The molecule has 1 N–H and O–H groups in total. The Balaban J connectivity index is 2.40. The molecule has 1 saturated heterocycles. The molecule has 2 nitrogen and oxygen atoms in total. The van der Waals surface area contributed by atoms with E-state index in [9.17, 15) is 0 Å². The van der Waals surface area contributed by atoms with Crippen LogP contribution in [0.3, 0.4) is 0 Å². The molecule has 0 aromatic rings. The highest BCUT2D eigenvalue weighted by Crippen LogP contribution is 2.25. The first-order chi connectivity index (χ1) is 8.03. The molecule has 0 spiro atoms. The average molecular weight is 259 g/mol. The van der Waals surface area contributed by atoms with Gasteiger partial charge in [-0.1, -0.05) is 27.7 Å². The van der Waals surface area contributed by atoms with Gasteiger partial charge >= 0.3 is 0 Å². The first kappa shape index (κ1) is 15.3. The molecule has 0 radical (unpaired) electrons. The van der Waals surface area contributed by atoms with Crippen molar-refractivity contribution in [2.45, 2.75) is 59.1 Å². The molecule has 2 unspecified atom stereocenters. The normalized spacial score (nSPS) is 23.6. The van der Waals surface area contributed by atoms with Crippen LogP contribution in [-0.4, -0.2) is 36.8 Å². The van der Waals surface area contributed by atoms with Gasteiger partial charge in [0, 0.05) is 17.5 Å². The van der Waals surface area contributed by atoms with Crippen LogP contribution < -0.4 is 5.32 Å². The summed E-state index contributed by atoms with van der Waals surface area (Å²) < 4.78 is 5.92. The highest BCUT2D eigenvalue weighted by Gasteiger charge is 2.25. The summed E-state index contributed by atoms with van der Waals surface area (Å²) in [6, 6.07) is 0.543. The van der Waals surface area contributed by atoms with Crippen LogP contribution in [0.25, 0.3) is 0 Å². The minimum Gasteiger partial charge on any atom is -0.375 e. The van der Waals surface area contributed by atoms with E-state index in [2.05, 4.69) is 33.0 Å². The maximum Gasteiger partial charge on any atom is 0.0818 e. The van der Waals surface area contributed by atoms with Gasteiger partial charge in [0.25, 0.3) is 0 Å². The van der Waals surface area contributed by atoms with Crippen molar-refractivity contribution in [2.24, 2.45) is 5.41 Å². The van der Waals surface area contributed by atoms with Gasteiger partial charge in [-0.15, -0.1) is 0 Å². The zero-order valence-electron chi connectivity index (χ0n) is 11.9. The summed E-state index contributed by atoms with van der Waals surface area (Å²) in [6.45, 7) is 11.2. The van der Waals surface area contributed by atoms with Crippen molar-refractivity contribution in [3.63, 3.8) is 0 Å². The molecule has 0 aromatic carbocycles. The Morgan fingerprint density at radius 1 is 1.41 bits per heavy atom. The largest absolute Gasteiger partial charge is 0.375 e. The van der Waals surface area contributed by atoms with E-state index in [0.29, 0.717) is 17.6 Å². The SMILES string of the molecule is CCCNC(CCC(C)(C)C)C1CSCCO1. The number of hydrogen-bond donors (Lipinski definition) is 1. The van der Waals surface area contributed by atoms with Crippen LogP contribution in [0.4, 0.5) is 0 Å². The second kappa shape index (κ2) is 7.65. The summed E-state index contributed by atoms with van der Waals surface area (Å²) in [6.07, 6.45) is 4.11. The molecule has 0 aromatic heterocycles. The minimum atomic E-state index is 0.419. The van der Waals surface area contributed by atoms with Crippen molar-refractivity contribution >= 4 is 11.8 Å². The second-order valence-electron chi connectivity index (χ2n) is 6.14. The molecule has 1 rings (SSSR count). The molecule has 1 fully saturated rings. The second-order valence-corrected chi connectivity index (χ2v) is 7.29. The van der Waals surface area contributed by atoms with Gasteiger partial charge in [-0.05, 0) is 31.2 Å². The van der Waals surface area contributed by atoms with Gasteiger partial charge < -0.3 is 10.1 Å². The molecule has 2 atom stereocenters. The van der Waals surface area contributed by atoms with Gasteiger partial charge in [0.05, 0.1) is 12.7 Å². The highest BCUT2D eigenvalue weighted by molar-refractivity contribution is 7.99. The fourth-order valence-corrected chi connectivity index (χ4v) is 3.02. The maximum absolute atomic E-state index is 5.92. The standard InChI is InChI=1S/C14H29NOS/c1-5-8-15-12(6-7-14(2,3)4)13-11-17-10-9-16-13/h12-13,15H,5-11H2,1-4H3. The van der Waals surface area contributed by atoms with Crippen LogP contribution in [0.5, 0.6) is 0 Å². The maximum atomic E-state index is 5.92. The fraction of sp³-hybridized carbons (Fsp3) is 1.00. The van der Waals surface area contributed by atoms with Crippen LogP contribution in [0, 0.1) is 5.41 Å². The van der Waals surface area contributed by atoms with Crippen LogP contribution in [0.1, 0.15) is 47.0 Å². The van der Waals surface area contributed by atoms with E-state index in [1.807, 2.05) is 11.8 Å². The number of ether oxygens (including phenoxy) is 1. The Morgan fingerprint density at radius 2 is 2.18 bits per heavy atom. The average Bonchev–Trinajstić information content (AvgIpc) is 2.29. The van der Waals surface area contributed by atoms with E-state index in [4.69, 9.17) is 4.74 Å². The third-order valence-electron chi connectivity index (χ3n) is 3.15. The molecule has 1 aliphatic heterocycles. The van der Waals surface area contributed by atoms with Crippen molar-refractivity contribution < 1.29 is 4.74 Å². The zero-order chi connectivity index (χ0) is 12.7. The van der Waals surface area contributed by atoms with E-state index in [0.717, 1.165) is 24.7 Å². The lowest BCUT2D eigenvalue weighted by atomic mass is 9.87. The van der Waals surface area contributed by atoms with E-state index in [1.165, 1.54) is 19.3 Å². The van der Waals surface area contributed by atoms with E-state index >= 15 is 0 Å². The summed E-state index contributed by atoms with van der Waals surface area (Å²) in [4.78, 5) is 0. The smallest absolute Gasteiger partial charge is 0.0818 e. The first-order valence-corrected chi connectivity index (χ1v) is 8.11. The van der Waals surface area contributed by atoms with Gasteiger partial charge in [0.2, 0.25) is 0 Å². The molecule has 102 valence electrons. The van der Waals surface area contributed by atoms with Crippen molar-refractivity contribution in [3.05, 3.63) is 0 Å². The Bertz CT molecular complexity index is 197. The summed E-state index contributed by atoms with van der Waals surface area (Å²) in [5.41, 5.74) is 0.425. The van der Waals surface area contributed by atoms with Crippen molar-refractivity contribution in [3.8, 4) is 0 Å². The molecule has 0 amide bonds. The minimum absolute atomic E-state index is 0.419. The number of rotatable bonds is 6. The van der Waals surface area contributed by atoms with Crippen LogP contribution in [0.2, 0.25) is 0 Å². The van der Waals surface area contributed by atoms with E-state index in [-0.39, 0.29) is 0 Å². The predicted molar refractivity (Wildman–Crippen MR) is 77.8 cm³/mol. The summed E-state index contributed by atoms with van der Waals surface area (Å²) in [5.74, 6) is 2.32. The van der Waals surface area contributed by atoms with Crippen LogP contribution in [-0.2, 0) is 4.74 Å². The molecule has 0 aliphatic carbocycles. The lowest BCUT2D eigenvalue weighted by Gasteiger charge is -2.32. The molecule has 3 heteroatoms. The van der Waals surface area contributed by atoms with Crippen LogP contribution >= 0.6 is 11.8 Å². The number of nitrogens with one attached hydrogen (secondary N) is 1. The fourth-order valence-electron chi connectivity index (χ4n) is 2.08. The molecule has 1 aliphatic rings. The predicted octanol–water partition coefficient (Wildman–Crippen LogP) is 3.31. The van der Waals surface area contributed by atoms with Crippen LogP contribution in [0.15, 0.2) is 0 Å². The van der Waals surface area contributed by atoms with Gasteiger partial charge in [-0.25, -0.2) is 0 Å². The van der Waals surface area contributed by atoms with Crippen molar-refractivity contribution in [2.75, 3.05) is 24.7 Å². The van der Waals surface area contributed by atoms with Crippen molar-refractivity contribution in [1.29, 1.82) is 0 Å². The van der Waals surface area contributed by atoms with E-state index in [1.54, 1.807) is 0 Å². The lowest BCUT2D eigenvalue weighted by molar-refractivity contribution is 0.0418. The van der Waals surface area contributed by atoms with Gasteiger partial charge in [0.15, 0.2) is 0 Å². The lowest BCUT2D eigenvalue weighted by Crippen LogP contribution is -2.45. The molecule has 17 heavy (non-hydrogen) atoms. The summed E-state index contributed by atoms with van der Waals surface area (Å²) in [7, 11) is 0. The summed E-state index contributed by atoms with van der Waals surface area (Å²) in [5, 5.41) is 3.67. The quantitative estimate of drug-likeness (QED) is 0.791. The Hall–Kier alpha value is 0.270. The Kier molecular flexibility index (Phi) is 6.90. The van der Waals surface area contributed by atoms with Gasteiger partial charge in [0.1, 0.15) is 0 Å². The highest BCUT2D eigenvalue weighted by atomic mass is 32.2. The molecular weight excluding hydrogens is 230 g/mol. The third kappa shape index (κ3) is 6.68. The van der Waals surface area contributed by atoms with Gasteiger partial charge in [-0.2, -0.15) is 11.8 Å². The Morgan fingerprint density at radius 3 is 2.71 bits per heavy atom. The monoisotopic (exact) mass is 259 g/mol. The molecule has 0 saturated carbocycles. The number of thioether (sulfide) groups is 1. The topological polar surface area (TPSA) is 21.3 Å². The third-order valence-corrected chi connectivity index (χ3v) is 4.17. The zero-order valence-corrected chi connectivity index (χ0v) is 12.7. The molecule has 1 heterocycles. The Labute approximate surface area is 111 Å². The van der Waals surface area contributed by atoms with Crippen molar-refractivity contribution in [1.82, 2.24) is 5.32 Å².